The van der Waals surface area contributed by atoms with Crippen molar-refractivity contribution in [1.29, 1.82) is 0 Å². The van der Waals surface area contributed by atoms with E-state index in [2.05, 4.69) is 10.2 Å². The first kappa shape index (κ1) is 14.5. The van der Waals surface area contributed by atoms with Crippen LogP contribution in [0.25, 0.3) is 0 Å². The molecular weight excluding hydrogens is 313 g/mol. The number of benzene rings is 2. The van der Waals surface area contributed by atoms with Crippen LogP contribution in [0.1, 0.15) is 17.0 Å². The largest absolute Gasteiger partial charge is 0.454 e. The highest BCUT2D eigenvalue weighted by Crippen LogP contribution is 2.32. The van der Waals surface area contributed by atoms with Gasteiger partial charge in [0.25, 0.3) is 0 Å². The van der Waals surface area contributed by atoms with Crippen LogP contribution in [0.4, 0.5) is 4.39 Å². The number of H-pyrrole nitrogens is 1. The zero-order chi connectivity index (χ0) is 16.5. The predicted octanol–water partition coefficient (Wildman–Crippen LogP) is 2.08. The fourth-order valence-corrected chi connectivity index (χ4v) is 2.65. The molecule has 0 unspecified atom stereocenters. The van der Waals surface area contributed by atoms with E-state index >= 15 is 0 Å². The molecule has 1 aliphatic rings. The molecule has 1 aliphatic heterocycles. The first-order chi connectivity index (χ1) is 11.7. The molecule has 2 aromatic carbocycles. The molecule has 0 spiro atoms. The highest BCUT2D eigenvalue weighted by Gasteiger charge is 2.15. The van der Waals surface area contributed by atoms with Gasteiger partial charge in [-0.15, -0.1) is 0 Å². The van der Waals surface area contributed by atoms with Crippen LogP contribution >= 0.6 is 0 Å². The second-order valence-electron chi connectivity index (χ2n) is 5.52. The van der Waals surface area contributed by atoms with Crippen LogP contribution in [0.2, 0.25) is 0 Å². The summed E-state index contributed by atoms with van der Waals surface area (Å²) in [7, 11) is 0. The molecule has 0 amide bonds. The lowest BCUT2D eigenvalue weighted by Gasteiger charge is -2.07. The molecule has 0 saturated carbocycles. The Balaban J connectivity index is 1.60. The average Bonchev–Trinajstić information content (AvgIpc) is 3.18. The van der Waals surface area contributed by atoms with Crippen molar-refractivity contribution < 1.29 is 13.9 Å². The number of fused-ring (bicyclic) bond motifs is 1. The molecule has 0 fully saturated rings. The number of ether oxygens (including phenoxy) is 2. The maximum atomic E-state index is 13.0. The number of hydrogen-bond acceptors (Lipinski definition) is 4. The third-order valence-electron chi connectivity index (χ3n) is 3.89. The van der Waals surface area contributed by atoms with Crippen LogP contribution in [0, 0.1) is 5.82 Å². The molecular formula is C17H14FN3O3. The van der Waals surface area contributed by atoms with Gasteiger partial charge in [0.15, 0.2) is 11.5 Å². The van der Waals surface area contributed by atoms with Gasteiger partial charge in [0, 0.05) is 6.42 Å². The van der Waals surface area contributed by atoms with E-state index in [9.17, 15) is 9.18 Å². The molecule has 2 heterocycles. The Morgan fingerprint density at radius 3 is 2.67 bits per heavy atom. The van der Waals surface area contributed by atoms with Gasteiger partial charge >= 0.3 is 5.69 Å². The van der Waals surface area contributed by atoms with Crippen LogP contribution in [0.15, 0.2) is 47.3 Å². The van der Waals surface area contributed by atoms with E-state index in [1.165, 1.54) is 16.7 Å². The van der Waals surface area contributed by atoms with E-state index in [-0.39, 0.29) is 18.3 Å². The summed E-state index contributed by atoms with van der Waals surface area (Å²) in [5.41, 5.74) is 1.49. The number of rotatable bonds is 4. The topological polar surface area (TPSA) is 69.1 Å². The van der Waals surface area contributed by atoms with E-state index in [1.807, 2.05) is 18.2 Å². The van der Waals surface area contributed by atoms with Gasteiger partial charge in [0.2, 0.25) is 6.79 Å². The van der Waals surface area contributed by atoms with Crippen LogP contribution in [-0.4, -0.2) is 21.6 Å². The van der Waals surface area contributed by atoms with Gasteiger partial charge in [-0.3, -0.25) is 4.57 Å². The minimum absolute atomic E-state index is 0.219. The highest BCUT2D eigenvalue weighted by atomic mass is 19.1. The number of halogens is 1. The average molecular weight is 327 g/mol. The summed E-state index contributed by atoms with van der Waals surface area (Å²) in [5.74, 6) is 1.70. The van der Waals surface area contributed by atoms with Crippen LogP contribution in [0.3, 0.4) is 0 Å². The molecule has 4 rings (SSSR count). The van der Waals surface area contributed by atoms with Crippen LogP contribution < -0.4 is 15.2 Å². The highest BCUT2D eigenvalue weighted by molar-refractivity contribution is 5.45. The number of aromatic nitrogens is 3. The monoisotopic (exact) mass is 327 g/mol. The lowest BCUT2D eigenvalue weighted by Crippen LogP contribution is -2.19. The van der Waals surface area contributed by atoms with Gasteiger partial charge in [-0.2, -0.15) is 5.10 Å². The SMILES string of the molecule is O=c1[nH]nc(Cc2ccc3c(c2)OCO3)n1Cc1ccc(F)cc1. The summed E-state index contributed by atoms with van der Waals surface area (Å²) in [6.07, 6.45) is 0.469. The van der Waals surface area contributed by atoms with E-state index in [0.29, 0.717) is 30.3 Å². The fourth-order valence-electron chi connectivity index (χ4n) is 2.65. The van der Waals surface area contributed by atoms with Crippen molar-refractivity contribution in [3.05, 3.63) is 75.7 Å². The Kier molecular flexibility index (Phi) is 3.53. The molecule has 1 aromatic heterocycles. The first-order valence-corrected chi connectivity index (χ1v) is 7.46. The van der Waals surface area contributed by atoms with Crippen molar-refractivity contribution in [2.24, 2.45) is 0 Å². The number of hydrogen-bond donors (Lipinski definition) is 1. The summed E-state index contributed by atoms with van der Waals surface area (Å²) >= 11 is 0. The Morgan fingerprint density at radius 2 is 1.83 bits per heavy atom. The molecule has 6 nitrogen and oxygen atoms in total. The first-order valence-electron chi connectivity index (χ1n) is 7.46. The van der Waals surface area contributed by atoms with Crippen LogP contribution in [-0.2, 0) is 13.0 Å². The van der Waals surface area contributed by atoms with E-state index in [4.69, 9.17) is 9.47 Å². The van der Waals surface area contributed by atoms with Crippen molar-refractivity contribution in [2.45, 2.75) is 13.0 Å². The van der Waals surface area contributed by atoms with Crippen LogP contribution in [0.5, 0.6) is 11.5 Å². The maximum Gasteiger partial charge on any atom is 0.343 e. The quantitative estimate of drug-likeness (QED) is 0.796. The zero-order valence-electron chi connectivity index (χ0n) is 12.7. The standard InChI is InChI=1S/C17H14FN3O3/c18-13-4-1-11(2-5-13)9-21-16(19-20-17(21)22)8-12-3-6-14-15(7-12)24-10-23-14/h1-7H,8-10H2,(H,20,22). The smallest absolute Gasteiger partial charge is 0.343 e. The summed E-state index contributed by atoms with van der Waals surface area (Å²) in [5, 5.41) is 6.57. The van der Waals surface area contributed by atoms with E-state index in [1.54, 1.807) is 12.1 Å². The van der Waals surface area contributed by atoms with Crippen molar-refractivity contribution in [3.8, 4) is 11.5 Å². The van der Waals surface area contributed by atoms with Crippen molar-refractivity contribution in [3.63, 3.8) is 0 Å². The molecule has 1 N–H and O–H groups in total. The fraction of sp³-hybridized carbons (Fsp3) is 0.176. The third kappa shape index (κ3) is 2.76. The van der Waals surface area contributed by atoms with Gasteiger partial charge in [0.1, 0.15) is 11.6 Å². The third-order valence-corrected chi connectivity index (χ3v) is 3.89. The van der Waals surface area contributed by atoms with Gasteiger partial charge < -0.3 is 9.47 Å². The van der Waals surface area contributed by atoms with Gasteiger partial charge in [-0.05, 0) is 35.4 Å². The molecule has 122 valence electrons. The Morgan fingerprint density at radius 1 is 1.08 bits per heavy atom. The molecule has 7 heteroatoms. The molecule has 0 saturated heterocycles. The number of nitrogens with one attached hydrogen (secondary N) is 1. The molecule has 0 radical (unpaired) electrons. The van der Waals surface area contributed by atoms with E-state index in [0.717, 1.165) is 11.1 Å². The summed E-state index contributed by atoms with van der Waals surface area (Å²) in [6.45, 7) is 0.548. The van der Waals surface area contributed by atoms with E-state index < -0.39 is 0 Å². The second-order valence-corrected chi connectivity index (χ2v) is 5.52. The predicted molar refractivity (Wildman–Crippen MR) is 83.7 cm³/mol. The molecule has 0 bridgehead atoms. The maximum absolute atomic E-state index is 13.0. The van der Waals surface area contributed by atoms with Gasteiger partial charge in [-0.1, -0.05) is 18.2 Å². The summed E-state index contributed by atoms with van der Waals surface area (Å²) in [6, 6.07) is 11.7. The van der Waals surface area contributed by atoms with Crippen molar-refractivity contribution in [1.82, 2.24) is 14.8 Å². The minimum atomic E-state index is -0.307. The molecule has 0 aliphatic carbocycles. The normalized spacial score (nSPS) is 12.5. The molecule has 24 heavy (non-hydrogen) atoms. The summed E-state index contributed by atoms with van der Waals surface area (Å²) < 4.78 is 25.2. The zero-order valence-corrected chi connectivity index (χ0v) is 12.7. The lowest BCUT2D eigenvalue weighted by atomic mass is 10.1. The molecule has 3 aromatic rings. The van der Waals surface area contributed by atoms with Crippen molar-refractivity contribution in [2.75, 3.05) is 6.79 Å². The Labute approximate surface area is 136 Å². The lowest BCUT2D eigenvalue weighted by molar-refractivity contribution is 0.174. The minimum Gasteiger partial charge on any atom is -0.454 e. The van der Waals surface area contributed by atoms with Crippen molar-refractivity contribution >= 4 is 0 Å². The van der Waals surface area contributed by atoms with Gasteiger partial charge in [0.05, 0.1) is 6.54 Å². The number of nitrogens with zero attached hydrogens (tertiary/aromatic N) is 2. The van der Waals surface area contributed by atoms with Gasteiger partial charge in [-0.25, -0.2) is 14.3 Å². The Bertz CT molecular complexity index is 931. The Hall–Kier alpha value is -3.09. The molecule has 0 atom stereocenters. The number of aromatic amines is 1. The second kappa shape index (κ2) is 5.84. The summed E-state index contributed by atoms with van der Waals surface area (Å²) in [4.78, 5) is 12.0.